The van der Waals surface area contributed by atoms with Crippen LogP contribution in [0.1, 0.15) is 48.0 Å². The fraction of sp³-hybridized carbons (Fsp3) is 0.786. The fourth-order valence-corrected chi connectivity index (χ4v) is 2.14. The molecule has 1 unspecified atom stereocenters. The number of hydrogen-bond acceptors (Lipinski definition) is 3. The summed E-state index contributed by atoms with van der Waals surface area (Å²) in [4.78, 5) is 12.3. The lowest BCUT2D eigenvalue weighted by atomic mass is 9.93. The van der Waals surface area contributed by atoms with Crippen LogP contribution in [0.5, 0.6) is 0 Å². The van der Waals surface area contributed by atoms with Crippen molar-refractivity contribution in [1.29, 1.82) is 0 Å². The normalized spacial score (nSPS) is 27.8. The van der Waals surface area contributed by atoms with Gasteiger partial charge in [-0.05, 0) is 39.5 Å². The Kier molecular flexibility index (Phi) is 3.45. The third-order valence-corrected chi connectivity index (χ3v) is 3.31. The molecule has 1 N–H and O–H groups in total. The van der Waals surface area contributed by atoms with E-state index in [-0.39, 0.29) is 18.0 Å². The van der Waals surface area contributed by atoms with Gasteiger partial charge in [0.15, 0.2) is 0 Å². The highest BCUT2D eigenvalue weighted by molar-refractivity contribution is 5.84. The predicted octanol–water partition coefficient (Wildman–Crippen LogP) is 2.68. The molecular weight excluding hydrogens is 216 g/mol. The number of aliphatic hydroxyl groups is 1. The van der Waals surface area contributed by atoms with Crippen molar-refractivity contribution >= 4 is 5.97 Å². The molecule has 1 saturated carbocycles. The summed E-state index contributed by atoms with van der Waals surface area (Å²) >= 11 is 0. The van der Waals surface area contributed by atoms with Gasteiger partial charge in [-0.1, -0.05) is 25.5 Å². The lowest BCUT2D eigenvalue weighted by Crippen LogP contribution is -2.31. The molecular formula is C14H24O3. The second-order valence-corrected chi connectivity index (χ2v) is 6.68. The molecule has 0 aliphatic heterocycles. The molecule has 0 aromatic rings. The van der Waals surface area contributed by atoms with E-state index in [4.69, 9.17) is 9.84 Å². The van der Waals surface area contributed by atoms with E-state index in [1.807, 2.05) is 33.8 Å². The van der Waals surface area contributed by atoms with Crippen molar-refractivity contribution in [3.8, 4) is 0 Å². The van der Waals surface area contributed by atoms with Gasteiger partial charge in [0, 0.05) is 0 Å². The minimum absolute atomic E-state index is 0.0133. The molecule has 0 saturated heterocycles. The number of rotatable bonds is 3. The molecule has 0 amide bonds. The Balaban J connectivity index is 2.94. The highest BCUT2D eigenvalue weighted by Crippen LogP contribution is 2.65. The van der Waals surface area contributed by atoms with E-state index in [0.29, 0.717) is 0 Å². The van der Waals surface area contributed by atoms with Gasteiger partial charge < -0.3 is 9.84 Å². The lowest BCUT2D eigenvalue weighted by molar-refractivity contribution is -0.160. The van der Waals surface area contributed by atoms with Gasteiger partial charge in [0.05, 0.1) is 12.0 Å². The first-order valence-corrected chi connectivity index (χ1v) is 6.07. The molecule has 0 aromatic carbocycles. The minimum Gasteiger partial charge on any atom is -0.459 e. The van der Waals surface area contributed by atoms with Crippen LogP contribution < -0.4 is 0 Å². The van der Waals surface area contributed by atoms with Gasteiger partial charge in [0.1, 0.15) is 5.60 Å². The zero-order valence-corrected chi connectivity index (χ0v) is 11.8. The smallest absolute Gasteiger partial charge is 0.317 e. The highest BCUT2D eigenvalue weighted by atomic mass is 16.6. The van der Waals surface area contributed by atoms with Crippen molar-refractivity contribution in [2.75, 3.05) is 6.61 Å². The monoisotopic (exact) mass is 240 g/mol. The summed E-state index contributed by atoms with van der Waals surface area (Å²) in [6.45, 7) is 11.5. The average molecular weight is 240 g/mol. The maximum absolute atomic E-state index is 12.3. The van der Waals surface area contributed by atoms with Gasteiger partial charge in [0.25, 0.3) is 0 Å². The van der Waals surface area contributed by atoms with Crippen molar-refractivity contribution < 1.29 is 14.6 Å². The molecule has 0 spiro atoms. The Bertz CT molecular complexity index is 347. The van der Waals surface area contributed by atoms with Gasteiger partial charge in [-0.25, -0.2) is 0 Å². The second kappa shape index (κ2) is 4.13. The van der Waals surface area contributed by atoms with E-state index >= 15 is 0 Å². The molecule has 1 aliphatic carbocycles. The van der Waals surface area contributed by atoms with E-state index in [1.54, 1.807) is 0 Å². The van der Waals surface area contributed by atoms with E-state index in [9.17, 15) is 4.79 Å². The zero-order valence-electron chi connectivity index (χ0n) is 11.8. The maximum atomic E-state index is 12.3. The summed E-state index contributed by atoms with van der Waals surface area (Å²) in [5.74, 6) is -0.178. The Morgan fingerprint density at radius 1 is 1.41 bits per heavy atom. The Hall–Kier alpha value is -0.830. The maximum Gasteiger partial charge on any atom is 0.317 e. The van der Waals surface area contributed by atoms with Crippen LogP contribution in [0.15, 0.2) is 11.6 Å². The Morgan fingerprint density at radius 2 is 1.88 bits per heavy atom. The largest absolute Gasteiger partial charge is 0.459 e. The Labute approximate surface area is 104 Å². The van der Waals surface area contributed by atoms with Crippen LogP contribution in [0, 0.1) is 10.8 Å². The van der Waals surface area contributed by atoms with E-state index in [2.05, 4.69) is 13.8 Å². The van der Waals surface area contributed by atoms with Crippen molar-refractivity contribution in [2.24, 2.45) is 10.8 Å². The van der Waals surface area contributed by atoms with Gasteiger partial charge in [-0.15, -0.1) is 0 Å². The van der Waals surface area contributed by atoms with Crippen LogP contribution in [-0.4, -0.2) is 23.3 Å². The molecule has 0 bridgehead atoms. The molecule has 1 rings (SSSR count). The summed E-state index contributed by atoms with van der Waals surface area (Å²) in [5, 5.41) is 9.09. The van der Waals surface area contributed by atoms with Crippen molar-refractivity contribution in [3.05, 3.63) is 11.6 Å². The topological polar surface area (TPSA) is 46.5 Å². The van der Waals surface area contributed by atoms with Crippen LogP contribution in [0.3, 0.4) is 0 Å². The standard InChI is InChI=1S/C14H24O3/c1-10(8-15)7-14(9-13(14,5)6)11(16)17-12(2,3)4/h7,15H,8-9H2,1-6H3. The average Bonchev–Trinajstić information content (AvgIpc) is 2.66. The van der Waals surface area contributed by atoms with Crippen LogP contribution in [0.25, 0.3) is 0 Å². The minimum atomic E-state index is -0.549. The molecule has 17 heavy (non-hydrogen) atoms. The fourth-order valence-electron chi connectivity index (χ4n) is 2.14. The molecule has 0 aromatic heterocycles. The molecule has 3 heteroatoms. The van der Waals surface area contributed by atoms with Gasteiger partial charge in [-0.3, -0.25) is 4.79 Å². The predicted molar refractivity (Wildman–Crippen MR) is 67.5 cm³/mol. The third-order valence-electron chi connectivity index (χ3n) is 3.31. The van der Waals surface area contributed by atoms with E-state index < -0.39 is 11.0 Å². The summed E-state index contributed by atoms with van der Waals surface area (Å²) in [6, 6.07) is 0. The number of carbonyl (C=O) groups is 1. The van der Waals surface area contributed by atoms with Gasteiger partial charge >= 0.3 is 5.97 Å². The number of carbonyl (C=O) groups excluding carboxylic acids is 1. The third kappa shape index (κ3) is 2.89. The van der Waals surface area contributed by atoms with Gasteiger partial charge in [0.2, 0.25) is 0 Å². The SMILES string of the molecule is CC(=CC1(C(=O)OC(C)(C)C)CC1(C)C)CO. The van der Waals surface area contributed by atoms with Gasteiger partial charge in [-0.2, -0.15) is 0 Å². The van der Waals surface area contributed by atoms with Crippen LogP contribution in [0.4, 0.5) is 0 Å². The van der Waals surface area contributed by atoms with Crippen molar-refractivity contribution in [1.82, 2.24) is 0 Å². The summed E-state index contributed by atoms with van der Waals surface area (Å²) in [7, 11) is 0. The number of esters is 1. The summed E-state index contributed by atoms with van der Waals surface area (Å²) < 4.78 is 5.48. The highest BCUT2D eigenvalue weighted by Gasteiger charge is 2.66. The molecule has 0 radical (unpaired) electrons. The van der Waals surface area contributed by atoms with E-state index in [1.165, 1.54) is 0 Å². The van der Waals surface area contributed by atoms with Crippen LogP contribution in [0.2, 0.25) is 0 Å². The van der Waals surface area contributed by atoms with Crippen LogP contribution in [-0.2, 0) is 9.53 Å². The summed E-state index contributed by atoms with van der Waals surface area (Å²) in [5.41, 5.74) is -0.274. The zero-order chi connectivity index (χ0) is 13.5. The molecule has 1 atom stereocenters. The molecule has 1 fully saturated rings. The molecule has 1 aliphatic rings. The molecule has 0 heterocycles. The first-order chi connectivity index (χ1) is 7.54. The summed E-state index contributed by atoms with van der Waals surface area (Å²) in [6.07, 6.45) is 2.66. The van der Waals surface area contributed by atoms with Crippen molar-refractivity contribution in [3.63, 3.8) is 0 Å². The second-order valence-electron chi connectivity index (χ2n) is 6.68. The number of ether oxygens (including phenoxy) is 1. The first-order valence-electron chi connectivity index (χ1n) is 6.07. The Morgan fingerprint density at radius 3 is 2.18 bits per heavy atom. The lowest BCUT2D eigenvalue weighted by Gasteiger charge is -2.24. The quantitative estimate of drug-likeness (QED) is 0.609. The molecule has 98 valence electrons. The molecule has 3 nitrogen and oxygen atoms in total. The number of hydrogen-bond donors (Lipinski definition) is 1. The van der Waals surface area contributed by atoms with Crippen LogP contribution >= 0.6 is 0 Å². The number of aliphatic hydroxyl groups excluding tert-OH is 1. The van der Waals surface area contributed by atoms with Crippen molar-refractivity contribution in [2.45, 2.75) is 53.6 Å². The van der Waals surface area contributed by atoms with E-state index in [0.717, 1.165) is 12.0 Å². The first kappa shape index (κ1) is 14.2.